The van der Waals surface area contributed by atoms with Gasteiger partial charge in [-0.2, -0.15) is 0 Å². The molecule has 0 fully saturated rings. The van der Waals surface area contributed by atoms with E-state index in [2.05, 4.69) is 27.2 Å². The third-order valence-electron chi connectivity index (χ3n) is 1.61. The van der Waals surface area contributed by atoms with Crippen molar-refractivity contribution in [3.05, 3.63) is 29.8 Å². The van der Waals surface area contributed by atoms with Crippen LogP contribution in [0, 0.1) is 0 Å². The van der Waals surface area contributed by atoms with Gasteiger partial charge in [0, 0.05) is 11.3 Å². The second-order valence-corrected chi connectivity index (χ2v) is 4.19. The van der Waals surface area contributed by atoms with E-state index < -0.39 is 0 Å². The van der Waals surface area contributed by atoms with Crippen LogP contribution in [0.4, 0.5) is 5.69 Å². The van der Waals surface area contributed by atoms with Crippen LogP contribution in [-0.4, -0.2) is 25.6 Å². The number of hydrogen-bond acceptors (Lipinski definition) is 1. The van der Waals surface area contributed by atoms with Crippen LogP contribution in [-0.2, 0) is 6.54 Å². The molecule has 0 aliphatic carbocycles. The van der Waals surface area contributed by atoms with Crippen LogP contribution in [0.5, 0.6) is 0 Å². The number of nitrogens with zero attached hydrogens (tertiary/aromatic N) is 1. The van der Waals surface area contributed by atoms with Crippen LogP contribution in [0.2, 0.25) is 0 Å². The lowest BCUT2D eigenvalue weighted by Gasteiger charge is -2.23. The minimum absolute atomic E-state index is 0. The normalized spacial score (nSPS) is 10.7. The highest BCUT2D eigenvalue weighted by Crippen LogP contribution is 2.10. The smallest absolute Gasteiger partial charge is 0.104 e. The maximum absolute atomic E-state index is 5.67. The standard InChI is InChI=1S/C10H17N2.ClH/c1-12(2,3)8-9-5-4-6-10(11)7-9;/h4-7H,8,11H2,1-3H3;1H/q+1;/p-1. The molecular formula is C10H17ClN2. The van der Waals surface area contributed by atoms with Gasteiger partial charge in [-0.1, -0.05) is 12.1 Å². The second kappa shape index (κ2) is 4.49. The number of nitrogens with two attached hydrogens (primary N) is 1. The zero-order chi connectivity index (χ0) is 9.19. The first kappa shape index (κ1) is 12.3. The van der Waals surface area contributed by atoms with Crippen LogP contribution in [0.15, 0.2) is 24.3 Å². The summed E-state index contributed by atoms with van der Waals surface area (Å²) in [6.07, 6.45) is 0. The Labute approximate surface area is 86.4 Å². The molecule has 0 aromatic heterocycles. The second-order valence-electron chi connectivity index (χ2n) is 4.19. The molecule has 1 aromatic rings. The molecule has 0 unspecified atom stereocenters. The molecule has 0 saturated heterocycles. The molecule has 0 amide bonds. The molecule has 74 valence electrons. The Balaban J connectivity index is 0.00000144. The Hall–Kier alpha value is -0.730. The van der Waals surface area contributed by atoms with Crippen molar-refractivity contribution in [1.82, 2.24) is 0 Å². The van der Waals surface area contributed by atoms with Gasteiger partial charge in [0.2, 0.25) is 0 Å². The molecule has 1 rings (SSSR count). The van der Waals surface area contributed by atoms with Crippen molar-refractivity contribution in [2.75, 3.05) is 26.9 Å². The highest BCUT2D eigenvalue weighted by molar-refractivity contribution is 5.40. The van der Waals surface area contributed by atoms with Crippen LogP contribution >= 0.6 is 0 Å². The van der Waals surface area contributed by atoms with E-state index in [-0.39, 0.29) is 12.4 Å². The highest BCUT2D eigenvalue weighted by atomic mass is 35.5. The third-order valence-corrected chi connectivity index (χ3v) is 1.61. The summed E-state index contributed by atoms with van der Waals surface area (Å²) >= 11 is 0. The average Bonchev–Trinajstić information content (AvgIpc) is 1.82. The van der Waals surface area contributed by atoms with Crippen molar-refractivity contribution < 1.29 is 16.9 Å². The van der Waals surface area contributed by atoms with E-state index in [1.54, 1.807) is 0 Å². The summed E-state index contributed by atoms with van der Waals surface area (Å²) in [5, 5.41) is 0. The quantitative estimate of drug-likeness (QED) is 0.456. The van der Waals surface area contributed by atoms with E-state index >= 15 is 0 Å². The Kier molecular flexibility index (Phi) is 4.24. The zero-order valence-electron chi connectivity index (χ0n) is 8.42. The van der Waals surface area contributed by atoms with Crippen LogP contribution in [0.25, 0.3) is 0 Å². The van der Waals surface area contributed by atoms with Crippen molar-refractivity contribution in [2.45, 2.75) is 6.54 Å². The Morgan fingerprint density at radius 3 is 2.31 bits per heavy atom. The first-order chi connectivity index (χ1) is 5.47. The number of anilines is 1. The number of hydrogen-bond donors (Lipinski definition) is 1. The summed E-state index contributed by atoms with van der Waals surface area (Å²) in [5.74, 6) is 0. The predicted octanol–water partition coefficient (Wildman–Crippen LogP) is -1.52. The summed E-state index contributed by atoms with van der Waals surface area (Å²) < 4.78 is 0.934. The van der Waals surface area contributed by atoms with E-state index in [1.807, 2.05) is 18.2 Å². The highest BCUT2D eigenvalue weighted by Gasteiger charge is 2.07. The van der Waals surface area contributed by atoms with Gasteiger partial charge in [-0.25, -0.2) is 0 Å². The first-order valence-electron chi connectivity index (χ1n) is 4.12. The Bertz CT molecular complexity index is 266. The molecule has 2 nitrogen and oxygen atoms in total. The number of halogens is 1. The monoisotopic (exact) mass is 200 g/mol. The fourth-order valence-electron chi connectivity index (χ4n) is 1.24. The maximum Gasteiger partial charge on any atom is 0.104 e. The lowest BCUT2D eigenvalue weighted by molar-refractivity contribution is -0.884. The van der Waals surface area contributed by atoms with Crippen molar-refractivity contribution in [3.63, 3.8) is 0 Å². The van der Waals surface area contributed by atoms with E-state index in [0.29, 0.717) is 0 Å². The van der Waals surface area contributed by atoms with Gasteiger partial charge in [0.05, 0.1) is 21.1 Å². The number of quaternary nitrogens is 1. The molecule has 0 bridgehead atoms. The number of rotatable bonds is 2. The van der Waals surface area contributed by atoms with Gasteiger partial charge in [0.25, 0.3) is 0 Å². The molecule has 0 radical (unpaired) electrons. The maximum atomic E-state index is 5.67. The minimum Gasteiger partial charge on any atom is -1.00 e. The predicted molar refractivity (Wildman–Crippen MR) is 52.6 cm³/mol. The molecule has 0 heterocycles. The molecule has 0 atom stereocenters. The molecular weight excluding hydrogens is 184 g/mol. The lowest BCUT2D eigenvalue weighted by atomic mass is 10.2. The summed E-state index contributed by atoms with van der Waals surface area (Å²) in [7, 11) is 6.51. The molecule has 0 spiro atoms. The van der Waals surface area contributed by atoms with E-state index in [4.69, 9.17) is 5.73 Å². The van der Waals surface area contributed by atoms with Crippen molar-refractivity contribution in [3.8, 4) is 0 Å². The van der Waals surface area contributed by atoms with Crippen LogP contribution in [0.3, 0.4) is 0 Å². The molecule has 0 aliphatic rings. The molecule has 3 heteroatoms. The summed E-state index contributed by atoms with van der Waals surface area (Å²) in [6.45, 7) is 1.02. The van der Waals surface area contributed by atoms with Gasteiger partial charge in [-0.15, -0.1) is 0 Å². The largest absolute Gasteiger partial charge is 1.00 e. The van der Waals surface area contributed by atoms with Gasteiger partial charge in [0.15, 0.2) is 0 Å². The Morgan fingerprint density at radius 2 is 1.85 bits per heavy atom. The zero-order valence-corrected chi connectivity index (χ0v) is 9.17. The topological polar surface area (TPSA) is 26.0 Å². The van der Waals surface area contributed by atoms with Crippen LogP contribution in [0.1, 0.15) is 5.56 Å². The average molecular weight is 201 g/mol. The van der Waals surface area contributed by atoms with E-state index in [0.717, 1.165) is 16.7 Å². The van der Waals surface area contributed by atoms with Crippen molar-refractivity contribution in [1.29, 1.82) is 0 Å². The number of nitrogen functional groups attached to an aromatic ring is 1. The minimum atomic E-state index is 0. The van der Waals surface area contributed by atoms with Gasteiger partial charge in [-0.3, -0.25) is 0 Å². The number of benzene rings is 1. The first-order valence-corrected chi connectivity index (χ1v) is 4.12. The third kappa shape index (κ3) is 4.76. The SMILES string of the molecule is C[N+](C)(C)Cc1cccc(N)c1.[Cl-]. The van der Waals surface area contributed by atoms with Gasteiger partial charge in [0.1, 0.15) is 6.54 Å². The van der Waals surface area contributed by atoms with Gasteiger partial charge in [-0.05, 0) is 12.1 Å². The van der Waals surface area contributed by atoms with Crippen LogP contribution < -0.4 is 18.1 Å². The Morgan fingerprint density at radius 1 is 1.23 bits per heavy atom. The molecule has 0 aliphatic heterocycles. The van der Waals surface area contributed by atoms with Gasteiger partial charge >= 0.3 is 0 Å². The summed E-state index contributed by atoms with van der Waals surface area (Å²) in [4.78, 5) is 0. The summed E-state index contributed by atoms with van der Waals surface area (Å²) in [6, 6.07) is 8.06. The fourth-order valence-corrected chi connectivity index (χ4v) is 1.24. The fraction of sp³-hybridized carbons (Fsp3) is 0.400. The molecule has 13 heavy (non-hydrogen) atoms. The lowest BCUT2D eigenvalue weighted by Crippen LogP contribution is -3.00. The van der Waals surface area contributed by atoms with Crippen molar-refractivity contribution >= 4 is 5.69 Å². The van der Waals surface area contributed by atoms with E-state index in [1.165, 1.54) is 5.56 Å². The van der Waals surface area contributed by atoms with Gasteiger partial charge < -0.3 is 22.6 Å². The van der Waals surface area contributed by atoms with Crippen molar-refractivity contribution in [2.24, 2.45) is 0 Å². The van der Waals surface area contributed by atoms with E-state index in [9.17, 15) is 0 Å². The molecule has 2 N–H and O–H groups in total. The molecule has 1 aromatic carbocycles. The summed E-state index contributed by atoms with van der Waals surface area (Å²) in [5.41, 5.74) is 7.81. The molecule has 0 saturated carbocycles.